The first-order valence-electron chi connectivity index (χ1n) is 7.09. The molecule has 0 spiro atoms. The van der Waals surface area contributed by atoms with Crippen molar-refractivity contribution in [3.8, 4) is 5.75 Å². The summed E-state index contributed by atoms with van der Waals surface area (Å²) in [7, 11) is 1.66. The van der Waals surface area contributed by atoms with Crippen molar-refractivity contribution in [2.45, 2.75) is 20.3 Å². The van der Waals surface area contributed by atoms with Crippen molar-refractivity contribution in [3.63, 3.8) is 0 Å². The van der Waals surface area contributed by atoms with E-state index in [1.165, 1.54) is 5.56 Å². The van der Waals surface area contributed by atoms with Crippen molar-refractivity contribution >= 4 is 5.97 Å². The van der Waals surface area contributed by atoms with Gasteiger partial charge in [0.05, 0.1) is 19.6 Å². The summed E-state index contributed by atoms with van der Waals surface area (Å²) in [6.45, 7) is 5.97. The van der Waals surface area contributed by atoms with Gasteiger partial charge >= 0.3 is 5.97 Å². The maximum atomic E-state index is 12.1. The lowest BCUT2D eigenvalue weighted by molar-refractivity contribution is -0.150. The molecule has 1 aromatic rings. The van der Waals surface area contributed by atoms with E-state index < -0.39 is 0 Å². The first-order valence-corrected chi connectivity index (χ1v) is 7.09. The van der Waals surface area contributed by atoms with Crippen LogP contribution >= 0.6 is 0 Å². The fraction of sp³-hybridized carbons (Fsp3) is 0.562. The highest BCUT2D eigenvalue weighted by Crippen LogP contribution is 2.35. The number of methoxy groups -OCH3 is 1. The normalized spacial score (nSPS) is 25.4. The Bertz CT molecular complexity index is 457. The van der Waals surface area contributed by atoms with Crippen molar-refractivity contribution in [1.82, 2.24) is 5.32 Å². The summed E-state index contributed by atoms with van der Waals surface area (Å²) in [6.07, 6.45) is 0.855. The van der Waals surface area contributed by atoms with Gasteiger partial charge in [0.1, 0.15) is 5.75 Å². The minimum Gasteiger partial charge on any atom is -0.497 e. The summed E-state index contributed by atoms with van der Waals surface area (Å²) in [4.78, 5) is 12.1. The van der Waals surface area contributed by atoms with Crippen molar-refractivity contribution in [3.05, 3.63) is 29.8 Å². The van der Waals surface area contributed by atoms with Gasteiger partial charge in [-0.25, -0.2) is 0 Å². The molecule has 1 saturated heterocycles. The number of esters is 1. The summed E-state index contributed by atoms with van der Waals surface area (Å²) in [5, 5.41) is 3.32. The minimum atomic E-state index is -0.0964. The molecule has 1 aromatic carbocycles. The summed E-state index contributed by atoms with van der Waals surface area (Å²) in [5.74, 6) is 0.684. The molecule has 4 nitrogen and oxygen atoms in total. The van der Waals surface area contributed by atoms with Gasteiger partial charge in [-0.15, -0.1) is 0 Å². The van der Waals surface area contributed by atoms with Crippen LogP contribution < -0.4 is 10.1 Å². The Balaban J connectivity index is 2.10. The lowest BCUT2D eigenvalue weighted by Crippen LogP contribution is -2.35. The number of rotatable bonds is 5. The lowest BCUT2D eigenvalue weighted by atomic mass is 9.75. The van der Waals surface area contributed by atoms with Gasteiger partial charge in [0.15, 0.2) is 0 Å². The number of nitrogens with one attached hydrogen (secondary N) is 1. The van der Waals surface area contributed by atoms with Gasteiger partial charge in [0.25, 0.3) is 0 Å². The third kappa shape index (κ3) is 3.12. The highest BCUT2D eigenvalue weighted by molar-refractivity contribution is 5.74. The molecule has 2 atom stereocenters. The molecule has 1 N–H and O–H groups in total. The average Bonchev–Trinajstić information content (AvgIpc) is 2.81. The predicted octanol–water partition coefficient (Wildman–Crippen LogP) is 2.03. The molecule has 2 unspecified atom stereocenters. The van der Waals surface area contributed by atoms with Crippen LogP contribution in [-0.2, 0) is 16.0 Å². The highest BCUT2D eigenvalue weighted by atomic mass is 16.5. The van der Waals surface area contributed by atoms with Crippen LogP contribution in [0.25, 0.3) is 0 Å². The molecule has 1 fully saturated rings. The lowest BCUT2D eigenvalue weighted by Gasteiger charge is -2.29. The Hall–Kier alpha value is -1.55. The van der Waals surface area contributed by atoms with Gasteiger partial charge in [-0.05, 0) is 36.5 Å². The van der Waals surface area contributed by atoms with Crippen LogP contribution in [0.15, 0.2) is 24.3 Å². The van der Waals surface area contributed by atoms with Crippen LogP contribution in [0.3, 0.4) is 0 Å². The number of ether oxygens (including phenoxy) is 2. The van der Waals surface area contributed by atoms with E-state index in [-0.39, 0.29) is 17.3 Å². The second-order valence-corrected chi connectivity index (χ2v) is 5.61. The van der Waals surface area contributed by atoms with Crippen LogP contribution in [0.1, 0.15) is 19.4 Å². The van der Waals surface area contributed by atoms with Crippen molar-refractivity contribution in [2.24, 2.45) is 11.3 Å². The summed E-state index contributed by atoms with van der Waals surface area (Å²) in [6, 6.07) is 8.04. The van der Waals surface area contributed by atoms with E-state index in [4.69, 9.17) is 9.47 Å². The first-order chi connectivity index (χ1) is 9.59. The number of benzene rings is 1. The maximum Gasteiger partial charge on any atom is 0.310 e. The monoisotopic (exact) mass is 277 g/mol. The molecule has 0 bridgehead atoms. The predicted molar refractivity (Wildman–Crippen MR) is 77.8 cm³/mol. The number of hydrogen-bond acceptors (Lipinski definition) is 4. The molecule has 1 aliphatic heterocycles. The molecule has 20 heavy (non-hydrogen) atoms. The van der Waals surface area contributed by atoms with Crippen molar-refractivity contribution in [1.29, 1.82) is 0 Å². The minimum absolute atomic E-state index is 0.0791. The van der Waals surface area contributed by atoms with Crippen molar-refractivity contribution in [2.75, 3.05) is 26.8 Å². The smallest absolute Gasteiger partial charge is 0.310 e. The van der Waals surface area contributed by atoms with Crippen LogP contribution in [-0.4, -0.2) is 32.8 Å². The highest BCUT2D eigenvalue weighted by Gasteiger charge is 2.43. The van der Waals surface area contributed by atoms with Crippen LogP contribution in [0.4, 0.5) is 0 Å². The summed E-state index contributed by atoms with van der Waals surface area (Å²) in [5.41, 5.74) is 1.12. The zero-order valence-corrected chi connectivity index (χ0v) is 12.4. The van der Waals surface area contributed by atoms with E-state index in [1.54, 1.807) is 7.11 Å². The van der Waals surface area contributed by atoms with Crippen molar-refractivity contribution < 1.29 is 14.3 Å². The molecular formula is C16H23NO3. The van der Waals surface area contributed by atoms with E-state index in [1.807, 2.05) is 19.1 Å². The molecule has 0 radical (unpaired) electrons. The number of carbonyl (C=O) groups excluding carboxylic acids is 1. The van der Waals surface area contributed by atoms with Gasteiger partial charge in [-0.1, -0.05) is 19.1 Å². The maximum absolute atomic E-state index is 12.1. The number of carbonyl (C=O) groups is 1. The topological polar surface area (TPSA) is 47.6 Å². The molecule has 0 amide bonds. The quantitative estimate of drug-likeness (QED) is 0.837. The molecular weight excluding hydrogens is 254 g/mol. The Labute approximate surface area is 120 Å². The Morgan fingerprint density at radius 1 is 1.40 bits per heavy atom. The molecule has 0 saturated carbocycles. The molecule has 2 rings (SSSR count). The van der Waals surface area contributed by atoms with Gasteiger partial charge in [0, 0.05) is 13.1 Å². The van der Waals surface area contributed by atoms with Crippen LogP contribution in [0.2, 0.25) is 0 Å². The average molecular weight is 277 g/mol. The van der Waals surface area contributed by atoms with E-state index in [0.29, 0.717) is 13.2 Å². The third-order valence-electron chi connectivity index (χ3n) is 4.06. The Morgan fingerprint density at radius 3 is 2.70 bits per heavy atom. The van der Waals surface area contributed by atoms with Crippen LogP contribution in [0, 0.1) is 11.3 Å². The molecule has 0 aromatic heterocycles. The number of hydrogen-bond donors (Lipinski definition) is 1. The zero-order valence-electron chi connectivity index (χ0n) is 12.4. The summed E-state index contributed by atoms with van der Waals surface area (Å²) < 4.78 is 10.4. The summed E-state index contributed by atoms with van der Waals surface area (Å²) >= 11 is 0. The Kier molecular flexibility index (Phi) is 4.65. The molecule has 110 valence electrons. The second kappa shape index (κ2) is 6.27. The van der Waals surface area contributed by atoms with E-state index in [9.17, 15) is 4.79 Å². The molecule has 1 aliphatic rings. The standard InChI is InChI=1S/C16H23NO3/c1-4-20-15(18)14-10-17-11-16(14,2)9-12-5-7-13(19-3)8-6-12/h5-8,14,17H,4,9-11H2,1-3H3. The fourth-order valence-corrected chi connectivity index (χ4v) is 2.88. The van der Waals surface area contributed by atoms with Gasteiger partial charge in [0.2, 0.25) is 0 Å². The SMILES string of the molecule is CCOC(=O)C1CNCC1(C)Cc1ccc(OC)cc1. The van der Waals surface area contributed by atoms with E-state index in [0.717, 1.165) is 18.7 Å². The van der Waals surface area contributed by atoms with Gasteiger partial charge in [-0.2, -0.15) is 0 Å². The molecule has 1 heterocycles. The van der Waals surface area contributed by atoms with Gasteiger partial charge < -0.3 is 14.8 Å². The second-order valence-electron chi connectivity index (χ2n) is 5.61. The molecule has 4 heteroatoms. The fourth-order valence-electron chi connectivity index (χ4n) is 2.88. The third-order valence-corrected chi connectivity index (χ3v) is 4.06. The molecule has 0 aliphatic carbocycles. The van der Waals surface area contributed by atoms with E-state index in [2.05, 4.69) is 24.4 Å². The van der Waals surface area contributed by atoms with Crippen LogP contribution in [0.5, 0.6) is 5.75 Å². The zero-order chi connectivity index (χ0) is 14.6. The first kappa shape index (κ1) is 14.9. The largest absolute Gasteiger partial charge is 0.497 e. The Morgan fingerprint density at radius 2 is 2.10 bits per heavy atom. The van der Waals surface area contributed by atoms with Gasteiger partial charge in [-0.3, -0.25) is 4.79 Å². The van der Waals surface area contributed by atoms with E-state index >= 15 is 0 Å².